The van der Waals surface area contributed by atoms with E-state index in [0.29, 0.717) is 17.4 Å². The number of epoxide rings is 1. The summed E-state index contributed by atoms with van der Waals surface area (Å²) in [6.45, 7) is 2.93. The molecule has 1 unspecified atom stereocenters. The second-order valence-electron chi connectivity index (χ2n) is 5.29. The molecule has 0 aromatic heterocycles. The summed E-state index contributed by atoms with van der Waals surface area (Å²) >= 11 is 6.18. The highest BCUT2D eigenvalue weighted by Gasteiger charge is 2.24. The number of benzene rings is 1. The van der Waals surface area contributed by atoms with Gasteiger partial charge in [-0.05, 0) is 25.0 Å². The zero-order chi connectivity index (χ0) is 14.7. The molecule has 0 aliphatic carbocycles. The third-order valence-corrected chi connectivity index (χ3v) is 3.93. The van der Waals surface area contributed by atoms with E-state index >= 15 is 0 Å². The lowest BCUT2D eigenvalue weighted by Crippen LogP contribution is -2.25. The van der Waals surface area contributed by atoms with E-state index in [1.165, 1.54) is 0 Å². The Labute approximate surface area is 129 Å². The van der Waals surface area contributed by atoms with Gasteiger partial charge in [-0.2, -0.15) is 0 Å². The summed E-state index contributed by atoms with van der Waals surface area (Å²) in [5.74, 6) is 0.657. The first-order chi connectivity index (χ1) is 10.2. The molecule has 4 nitrogen and oxygen atoms in total. The standard InChI is InChI=1S/C16H18ClNO3/c17-14-5-3-4-12(16(14)21-11-13-10-20-13)6-7-15(19)18-8-1-2-9-18/h3-7,13H,1-2,8-11H2/b7-6+. The quantitative estimate of drug-likeness (QED) is 0.620. The SMILES string of the molecule is O=C(/C=C/c1cccc(Cl)c1OCC1CO1)N1CCCC1. The Balaban J connectivity index is 1.70. The summed E-state index contributed by atoms with van der Waals surface area (Å²) in [7, 11) is 0. The second kappa shape index (κ2) is 6.50. The van der Waals surface area contributed by atoms with Crippen LogP contribution in [0.5, 0.6) is 5.75 Å². The van der Waals surface area contributed by atoms with E-state index in [-0.39, 0.29) is 12.0 Å². The molecule has 2 aliphatic heterocycles. The fourth-order valence-electron chi connectivity index (χ4n) is 2.35. The molecule has 1 atom stereocenters. The van der Waals surface area contributed by atoms with Gasteiger partial charge in [-0.15, -0.1) is 0 Å². The van der Waals surface area contributed by atoms with Crippen LogP contribution in [-0.4, -0.2) is 43.2 Å². The average Bonchev–Trinajstić information content (AvgIpc) is 3.14. The largest absolute Gasteiger partial charge is 0.489 e. The van der Waals surface area contributed by atoms with Crippen molar-refractivity contribution in [1.82, 2.24) is 4.90 Å². The van der Waals surface area contributed by atoms with Crippen LogP contribution in [0.1, 0.15) is 18.4 Å². The number of carbonyl (C=O) groups is 1. The molecule has 21 heavy (non-hydrogen) atoms. The number of likely N-dealkylation sites (tertiary alicyclic amines) is 1. The Hall–Kier alpha value is -1.52. The molecule has 0 radical (unpaired) electrons. The van der Waals surface area contributed by atoms with Gasteiger partial charge in [0.2, 0.25) is 5.91 Å². The van der Waals surface area contributed by atoms with E-state index in [1.54, 1.807) is 18.2 Å². The van der Waals surface area contributed by atoms with Crippen molar-refractivity contribution in [2.24, 2.45) is 0 Å². The molecule has 0 N–H and O–H groups in total. The Morgan fingerprint density at radius 3 is 2.90 bits per heavy atom. The van der Waals surface area contributed by atoms with Gasteiger partial charge < -0.3 is 14.4 Å². The highest BCUT2D eigenvalue weighted by molar-refractivity contribution is 6.32. The second-order valence-corrected chi connectivity index (χ2v) is 5.70. The number of para-hydroxylation sites is 1. The van der Waals surface area contributed by atoms with Gasteiger partial charge in [0.25, 0.3) is 0 Å². The van der Waals surface area contributed by atoms with Gasteiger partial charge in [0, 0.05) is 24.7 Å². The Morgan fingerprint density at radius 2 is 2.19 bits per heavy atom. The topological polar surface area (TPSA) is 42.1 Å². The van der Waals surface area contributed by atoms with E-state index in [2.05, 4.69) is 0 Å². The first kappa shape index (κ1) is 14.4. The van der Waals surface area contributed by atoms with Crippen molar-refractivity contribution >= 4 is 23.6 Å². The zero-order valence-electron chi connectivity index (χ0n) is 11.8. The minimum Gasteiger partial charge on any atom is -0.489 e. The molecule has 5 heteroatoms. The number of halogens is 1. The maximum absolute atomic E-state index is 12.0. The molecule has 0 bridgehead atoms. The van der Waals surface area contributed by atoms with E-state index < -0.39 is 0 Å². The minimum absolute atomic E-state index is 0.0453. The Bertz CT molecular complexity index is 548. The van der Waals surface area contributed by atoms with Gasteiger partial charge in [0.05, 0.1) is 11.6 Å². The molecule has 0 spiro atoms. The first-order valence-electron chi connectivity index (χ1n) is 7.24. The summed E-state index contributed by atoms with van der Waals surface area (Å²) < 4.78 is 10.8. The van der Waals surface area contributed by atoms with Gasteiger partial charge in [0.1, 0.15) is 18.5 Å². The molecule has 112 valence electrons. The van der Waals surface area contributed by atoms with Crippen LogP contribution in [0.2, 0.25) is 5.02 Å². The maximum atomic E-state index is 12.0. The molecule has 2 heterocycles. The predicted molar refractivity (Wildman–Crippen MR) is 81.5 cm³/mol. The van der Waals surface area contributed by atoms with Crippen LogP contribution in [0, 0.1) is 0 Å². The number of nitrogens with zero attached hydrogens (tertiary/aromatic N) is 1. The molecule has 0 saturated carbocycles. The normalized spacial score (nSPS) is 21.0. The molecule has 2 saturated heterocycles. The lowest BCUT2D eigenvalue weighted by molar-refractivity contribution is -0.124. The predicted octanol–water partition coefficient (Wildman–Crippen LogP) is 2.75. The number of carbonyl (C=O) groups excluding carboxylic acids is 1. The summed E-state index contributed by atoms with van der Waals surface area (Å²) in [6.07, 6.45) is 5.72. The Morgan fingerprint density at radius 1 is 1.43 bits per heavy atom. The molecule has 2 aliphatic rings. The summed E-state index contributed by atoms with van der Waals surface area (Å²) in [6, 6.07) is 5.52. The molecule has 3 rings (SSSR count). The van der Waals surface area contributed by atoms with E-state index in [4.69, 9.17) is 21.1 Å². The summed E-state index contributed by atoms with van der Waals surface area (Å²) in [5, 5.41) is 0.548. The van der Waals surface area contributed by atoms with Crippen LogP contribution in [-0.2, 0) is 9.53 Å². The number of ether oxygens (including phenoxy) is 2. The first-order valence-corrected chi connectivity index (χ1v) is 7.62. The molecular weight excluding hydrogens is 290 g/mol. The van der Waals surface area contributed by atoms with Gasteiger partial charge in [-0.3, -0.25) is 4.79 Å². The molecule has 1 aromatic rings. The van der Waals surface area contributed by atoms with Crippen LogP contribution < -0.4 is 4.74 Å². The van der Waals surface area contributed by atoms with Crippen molar-refractivity contribution in [3.05, 3.63) is 34.9 Å². The van der Waals surface area contributed by atoms with Crippen molar-refractivity contribution in [1.29, 1.82) is 0 Å². The smallest absolute Gasteiger partial charge is 0.246 e. The van der Waals surface area contributed by atoms with Crippen LogP contribution in [0.3, 0.4) is 0 Å². The third-order valence-electron chi connectivity index (χ3n) is 3.64. The monoisotopic (exact) mass is 307 g/mol. The molecule has 2 fully saturated rings. The van der Waals surface area contributed by atoms with Crippen LogP contribution in [0.25, 0.3) is 6.08 Å². The number of rotatable bonds is 5. The van der Waals surface area contributed by atoms with Crippen LogP contribution in [0.4, 0.5) is 0 Å². The Kier molecular flexibility index (Phi) is 4.46. The van der Waals surface area contributed by atoms with Crippen LogP contribution in [0.15, 0.2) is 24.3 Å². The van der Waals surface area contributed by atoms with Gasteiger partial charge >= 0.3 is 0 Å². The molecule has 1 aromatic carbocycles. The fourth-order valence-corrected chi connectivity index (χ4v) is 2.59. The maximum Gasteiger partial charge on any atom is 0.246 e. The lowest BCUT2D eigenvalue weighted by atomic mass is 10.2. The lowest BCUT2D eigenvalue weighted by Gasteiger charge is -2.13. The molecular formula is C16H18ClNO3. The van der Waals surface area contributed by atoms with E-state index in [1.807, 2.05) is 17.0 Å². The van der Waals surface area contributed by atoms with E-state index in [0.717, 1.165) is 38.1 Å². The zero-order valence-corrected chi connectivity index (χ0v) is 12.5. The molecule has 1 amide bonds. The van der Waals surface area contributed by atoms with Crippen molar-refractivity contribution in [3.8, 4) is 5.75 Å². The van der Waals surface area contributed by atoms with Crippen molar-refractivity contribution in [2.75, 3.05) is 26.3 Å². The van der Waals surface area contributed by atoms with Crippen molar-refractivity contribution in [3.63, 3.8) is 0 Å². The number of amides is 1. The highest BCUT2D eigenvalue weighted by atomic mass is 35.5. The third kappa shape index (κ3) is 3.77. The number of hydrogen-bond acceptors (Lipinski definition) is 3. The van der Waals surface area contributed by atoms with Crippen LogP contribution >= 0.6 is 11.6 Å². The van der Waals surface area contributed by atoms with Crippen molar-refractivity contribution in [2.45, 2.75) is 18.9 Å². The average molecular weight is 308 g/mol. The fraction of sp³-hybridized carbons (Fsp3) is 0.438. The van der Waals surface area contributed by atoms with Crippen molar-refractivity contribution < 1.29 is 14.3 Å². The summed E-state index contributed by atoms with van der Waals surface area (Å²) in [5.41, 5.74) is 0.815. The highest BCUT2D eigenvalue weighted by Crippen LogP contribution is 2.30. The van der Waals surface area contributed by atoms with E-state index in [9.17, 15) is 4.79 Å². The summed E-state index contributed by atoms with van der Waals surface area (Å²) in [4.78, 5) is 13.9. The van der Waals surface area contributed by atoms with Gasteiger partial charge in [-0.1, -0.05) is 23.7 Å². The van der Waals surface area contributed by atoms with Gasteiger partial charge in [0.15, 0.2) is 0 Å². The minimum atomic E-state index is 0.0453. The van der Waals surface area contributed by atoms with Gasteiger partial charge in [-0.25, -0.2) is 0 Å². The number of hydrogen-bond donors (Lipinski definition) is 0.